The zero-order chi connectivity index (χ0) is 14.8. The van der Waals surface area contributed by atoms with Gasteiger partial charge in [-0.2, -0.15) is 0 Å². The minimum absolute atomic E-state index is 0.00633. The van der Waals surface area contributed by atoms with E-state index in [0.717, 1.165) is 36.8 Å². The molecule has 2 aliphatic heterocycles. The Kier molecular flexibility index (Phi) is 4.50. The van der Waals surface area contributed by atoms with E-state index in [2.05, 4.69) is 5.32 Å². The number of thioether (sulfide) groups is 1. The summed E-state index contributed by atoms with van der Waals surface area (Å²) in [6, 6.07) is 6.46. The molecule has 1 unspecified atom stereocenters. The molecular formula is C16H21FN2OS. The third-order valence-electron chi connectivity index (χ3n) is 4.44. The molecule has 3 nitrogen and oxygen atoms in total. The Hall–Kier alpha value is -1.07. The fraction of sp³-hybridized carbons (Fsp3) is 0.562. The average Bonchev–Trinajstić information content (AvgIpc) is 3.06. The molecule has 3 rings (SSSR count). The number of amides is 1. The van der Waals surface area contributed by atoms with Crippen LogP contribution in [-0.4, -0.2) is 42.7 Å². The number of likely N-dealkylation sites (tertiary alicyclic amines) is 1. The summed E-state index contributed by atoms with van der Waals surface area (Å²) >= 11 is 1.62. The molecule has 2 fully saturated rings. The molecule has 2 aliphatic rings. The van der Waals surface area contributed by atoms with Crippen molar-refractivity contribution in [2.24, 2.45) is 17.8 Å². The van der Waals surface area contributed by atoms with Crippen LogP contribution in [0.25, 0.3) is 0 Å². The second-order valence-electron chi connectivity index (χ2n) is 6.09. The molecule has 0 saturated carbocycles. The van der Waals surface area contributed by atoms with Gasteiger partial charge >= 0.3 is 0 Å². The molecule has 0 aromatic heterocycles. The number of fused-ring (bicyclic) bond motifs is 1. The zero-order valence-corrected chi connectivity index (χ0v) is 13.0. The second-order valence-corrected chi connectivity index (χ2v) is 7.18. The van der Waals surface area contributed by atoms with Crippen LogP contribution in [0.5, 0.6) is 0 Å². The lowest BCUT2D eigenvalue weighted by molar-refractivity contribution is -0.133. The van der Waals surface area contributed by atoms with Crippen LogP contribution in [-0.2, 0) is 4.79 Å². The van der Waals surface area contributed by atoms with Gasteiger partial charge in [0.15, 0.2) is 0 Å². The van der Waals surface area contributed by atoms with Crippen molar-refractivity contribution >= 4 is 17.7 Å². The molecule has 3 atom stereocenters. The van der Waals surface area contributed by atoms with Crippen LogP contribution in [0.4, 0.5) is 4.39 Å². The molecule has 2 heterocycles. The number of nitrogens with one attached hydrogen (secondary N) is 1. The molecule has 0 bridgehead atoms. The Bertz CT molecular complexity index is 496. The van der Waals surface area contributed by atoms with Crippen LogP contribution in [0.3, 0.4) is 0 Å². The summed E-state index contributed by atoms with van der Waals surface area (Å²) in [5.74, 6) is 2.08. The zero-order valence-electron chi connectivity index (χ0n) is 12.2. The van der Waals surface area contributed by atoms with Crippen molar-refractivity contribution in [1.82, 2.24) is 10.2 Å². The van der Waals surface area contributed by atoms with E-state index in [4.69, 9.17) is 0 Å². The summed E-state index contributed by atoms with van der Waals surface area (Å²) in [5.41, 5.74) is 0. The molecule has 0 aliphatic carbocycles. The molecule has 1 aromatic carbocycles. The Labute approximate surface area is 129 Å². The van der Waals surface area contributed by atoms with E-state index >= 15 is 0 Å². The SMILES string of the molecule is CC(CSc1ccc(F)cc1)C(=O)N1C[C@H]2CNC[C@H]2C1. The molecule has 0 radical (unpaired) electrons. The molecule has 0 spiro atoms. The minimum Gasteiger partial charge on any atom is -0.342 e. The first-order valence-corrected chi connectivity index (χ1v) is 8.50. The van der Waals surface area contributed by atoms with Crippen LogP contribution < -0.4 is 5.32 Å². The molecule has 1 aromatic rings. The first-order chi connectivity index (χ1) is 10.1. The number of halogens is 1. The maximum atomic E-state index is 12.9. The van der Waals surface area contributed by atoms with Crippen LogP contribution in [0.1, 0.15) is 6.92 Å². The largest absolute Gasteiger partial charge is 0.342 e. The molecule has 1 amide bonds. The highest BCUT2D eigenvalue weighted by Gasteiger charge is 2.38. The Morgan fingerprint density at radius 3 is 2.57 bits per heavy atom. The van der Waals surface area contributed by atoms with E-state index in [-0.39, 0.29) is 17.6 Å². The van der Waals surface area contributed by atoms with Gasteiger partial charge in [-0.3, -0.25) is 4.79 Å². The van der Waals surface area contributed by atoms with Gasteiger partial charge in [0.1, 0.15) is 5.82 Å². The van der Waals surface area contributed by atoms with Gasteiger partial charge < -0.3 is 10.2 Å². The second kappa shape index (κ2) is 6.36. The van der Waals surface area contributed by atoms with Gasteiger partial charge in [0.25, 0.3) is 0 Å². The van der Waals surface area contributed by atoms with Crippen LogP contribution in [0.15, 0.2) is 29.2 Å². The normalized spacial score (nSPS) is 25.9. The fourth-order valence-corrected chi connectivity index (χ4v) is 4.08. The highest BCUT2D eigenvalue weighted by atomic mass is 32.2. The van der Waals surface area contributed by atoms with Crippen LogP contribution in [0, 0.1) is 23.6 Å². The maximum absolute atomic E-state index is 12.9. The smallest absolute Gasteiger partial charge is 0.226 e. The average molecular weight is 308 g/mol. The van der Waals surface area contributed by atoms with Crippen molar-refractivity contribution in [2.45, 2.75) is 11.8 Å². The van der Waals surface area contributed by atoms with Crippen LogP contribution in [0.2, 0.25) is 0 Å². The summed E-state index contributed by atoms with van der Waals surface area (Å²) in [4.78, 5) is 15.5. The predicted molar refractivity (Wildman–Crippen MR) is 82.7 cm³/mol. The van der Waals surface area contributed by atoms with Gasteiger partial charge in [0.2, 0.25) is 5.91 Å². The standard InChI is InChI=1S/C16H21FN2OS/c1-11(10-21-15-4-2-14(17)3-5-15)16(20)19-8-12-6-18-7-13(12)9-19/h2-5,11-13,18H,6-10H2,1H3/t11?,12-,13+. The summed E-state index contributed by atoms with van der Waals surface area (Å²) < 4.78 is 12.9. The van der Waals surface area contributed by atoms with Crippen molar-refractivity contribution in [1.29, 1.82) is 0 Å². The molecule has 5 heteroatoms. The summed E-state index contributed by atoms with van der Waals surface area (Å²) in [7, 11) is 0. The quantitative estimate of drug-likeness (QED) is 0.866. The first kappa shape index (κ1) is 14.9. The summed E-state index contributed by atoms with van der Waals surface area (Å²) in [5, 5.41) is 3.39. The lowest BCUT2D eigenvalue weighted by atomic mass is 10.0. The highest BCUT2D eigenvalue weighted by molar-refractivity contribution is 7.99. The molecule has 114 valence electrons. The van der Waals surface area contributed by atoms with Crippen molar-refractivity contribution in [2.75, 3.05) is 31.9 Å². The summed E-state index contributed by atoms with van der Waals surface area (Å²) in [6.45, 7) is 5.90. The van der Waals surface area contributed by atoms with E-state index in [9.17, 15) is 9.18 Å². The van der Waals surface area contributed by atoms with Gasteiger partial charge in [0, 0.05) is 42.7 Å². The van der Waals surface area contributed by atoms with E-state index in [1.807, 2.05) is 11.8 Å². The third-order valence-corrected chi connectivity index (χ3v) is 5.71. The van der Waals surface area contributed by atoms with E-state index < -0.39 is 0 Å². The topological polar surface area (TPSA) is 32.3 Å². The number of hydrogen-bond acceptors (Lipinski definition) is 3. The van der Waals surface area contributed by atoms with Gasteiger partial charge in [-0.15, -0.1) is 11.8 Å². The molecular weight excluding hydrogens is 287 g/mol. The number of nitrogens with zero attached hydrogens (tertiary/aromatic N) is 1. The lowest BCUT2D eigenvalue weighted by Gasteiger charge is -2.21. The number of benzene rings is 1. The number of rotatable bonds is 4. The monoisotopic (exact) mass is 308 g/mol. The first-order valence-electron chi connectivity index (χ1n) is 7.51. The third kappa shape index (κ3) is 3.40. The molecule has 1 N–H and O–H groups in total. The van der Waals surface area contributed by atoms with Crippen LogP contribution >= 0.6 is 11.8 Å². The van der Waals surface area contributed by atoms with E-state index in [1.54, 1.807) is 23.9 Å². The maximum Gasteiger partial charge on any atom is 0.226 e. The van der Waals surface area contributed by atoms with E-state index in [1.165, 1.54) is 12.1 Å². The van der Waals surface area contributed by atoms with E-state index in [0.29, 0.717) is 11.8 Å². The molecule has 2 saturated heterocycles. The Morgan fingerprint density at radius 2 is 1.95 bits per heavy atom. The van der Waals surface area contributed by atoms with Gasteiger partial charge in [-0.25, -0.2) is 4.39 Å². The highest BCUT2D eigenvalue weighted by Crippen LogP contribution is 2.28. The number of carbonyl (C=O) groups is 1. The number of carbonyl (C=O) groups excluding carboxylic acids is 1. The van der Waals surface area contributed by atoms with Crippen molar-refractivity contribution < 1.29 is 9.18 Å². The van der Waals surface area contributed by atoms with Crippen molar-refractivity contribution in [3.63, 3.8) is 0 Å². The predicted octanol–water partition coefficient (Wildman–Crippen LogP) is 2.23. The van der Waals surface area contributed by atoms with Gasteiger partial charge in [0.05, 0.1) is 0 Å². The summed E-state index contributed by atoms with van der Waals surface area (Å²) in [6.07, 6.45) is 0. The number of hydrogen-bond donors (Lipinski definition) is 1. The Balaban J connectivity index is 1.50. The lowest BCUT2D eigenvalue weighted by Crippen LogP contribution is -2.36. The van der Waals surface area contributed by atoms with Crippen molar-refractivity contribution in [3.05, 3.63) is 30.1 Å². The fourth-order valence-electron chi connectivity index (χ4n) is 3.17. The van der Waals surface area contributed by atoms with Crippen molar-refractivity contribution in [3.8, 4) is 0 Å². The van der Waals surface area contributed by atoms with Gasteiger partial charge in [-0.1, -0.05) is 6.92 Å². The Morgan fingerprint density at radius 1 is 1.33 bits per heavy atom. The minimum atomic E-state index is -0.222. The molecule has 21 heavy (non-hydrogen) atoms. The van der Waals surface area contributed by atoms with Gasteiger partial charge in [-0.05, 0) is 36.1 Å².